The minimum absolute atomic E-state index is 0.0999. The molecule has 0 fully saturated rings. The molecule has 1 N–H and O–H groups in total. The zero-order valence-electron chi connectivity index (χ0n) is 8.86. The van der Waals surface area contributed by atoms with E-state index in [0.29, 0.717) is 0 Å². The van der Waals surface area contributed by atoms with Crippen LogP contribution in [-0.4, -0.2) is 26.0 Å². The number of ether oxygens (including phenoxy) is 1. The van der Waals surface area contributed by atoms with Gasteiger partial charge in [0.1, 0.15) is 11.8 Å². The van der Waals surface area contributed by atoms with E-state index in [0.717, 1.165) is 16.4 Å². The van der Waals surface area contributed by atoms with Crippen LogP contribution in [-0.2, 0) is 0 Å². The van der Waals surface area contributed by atoms with E-state index in [-0.39, 0.29) is 6.04 Å². The SMILES string of the molecule is CNC(C#N)CSc1ccc(OC)cc1. The second-order valence-corrected chi connectivity index (χ2v) is 4.05. The number of rotatable bonds is 5. The predicted octanol–water partition coefficient (Wildman–Crippen LogP) is 1.90. The maximum absolute atomic E-state index is 8.74. The number of nitrogens with one attached hydrogen (secondary N) is 1. The van der Waals surface area contributed by atoms with Crippen molar-refractivity contribution >= 4 is 11.8 Å². The first kappa shape index (κ1) is 11.9. The Bertz CT molecular complexity index is 331. The Morgan fingerprint density at radius 2 is 2.13 bits per heavy atom. The van der Waals surface area contributed by atoms with Crippen LogP contribution in [0.1, 0.15) is 0 Å². The third-order valence-electron chi connectivity index (χ3n) is 1.98. The molecule has 0 spiro atoms. The average Bonchev–Trinajstić information content (AvgIpc) is 2.31. The largest absolute Gasteiger partial charge is 0.497 e. The van der Waals surface area contributed by atoms with Gasteiger partial charge >= 0.3 is 0 Å². The Kier molecular flexibility index (Phi) is 5.02. The van der Waals surface area contributed by atoms with Gasteiger partial charge in [0.15, 0.2) is 0 Å². The van der Waals surface area contributed by atoms with Crippen LogP contribution in [0.3, 0.4) is 0 Å². The van der Waals surface area contributed by atoms with Crippen molar-refractivity contribution in [1.29, 1.82) is 5.26 Å². The Labute approximate surface area is 94.4 Å². The fourth-order valence-electron chi connectivity index (χ4n) is 1.04. The zero-order chi connectivity index (χ0) is 11.1. The summed E-state index contributed by atoms with van der Waals surface area (Å²) in [4.78, 5) is 1.14. The topological polar surface area (TPSA) is 45.0 Å². The number of thioether (sulfide) groups is 1. The van der Waals surface area contributed by atoms with Crippen molar-refractivity contribution in [3.8, 4) is 11.8 Å². The van der Waals surface area contributed by atoms with Crippen LogP contribution in [0.4, 0.5) is 0 Å². The highest BCUT2D eigenvalue weighted by Gasteiger charge is 2.04. The molecule has 1 aromatic carbocycles. The smallest absolute Gasteiger partial charge is 0.118 e. The third-order valence-corrected chi connectivity index (χ3v) is 3.09. The highest BCUT2D eigenvalue weighted by atomic mass is 32.2. The predicted molar refractivity (Wildman–Crippen MR) is 62.2 cm³/mol. The number of hydrogen-bond donors (Lipinski definition) is 1. The summed E-state index contributed by atoms with van der Waals surface area (Å²) >= 11 is 1.66. The van der Waals surface area contributed by atoms with E-state index in [1.165, 1.54) is 0 Å². The van der Waals surface area contributed by atoms with Gasteiger partial charge in [0.05, 0.1) is 13.2 Å². The maximum Gasteiger partial charge on any atom is 0.118 e. The molecular weight excluding hydrogens is 208 g/mol. The summed E-state index contributed by atoms with van der Waals surface area (Å²) in [6.07, 6.45) is 0. The van der Waals surface area contributed by atoms with Crippen molar-refractivity contribution in [2.45, 2.75) is 10.9 Å². The molecule has 0 saturated heterocycles. The Balaban J connectivity index is 2.48. The fourth-order valence-corrected chi connectivity index (χ4v) is 1.97. The summed E-state index contributed by atoms with van der Waals surface area (Å²) < 4.78 is 5.06. The summed E-state index contributed by atoms with van der Waals surface area (Å²) in [5.74, 6) is 1.60. The second-order valence-electron chi connectivity index (χ2n) is 2.96. The number of hydrogen-bond acceptors (Lipinski definition) is 4. The first-order valence-corrected chi connectivity index (χ1v) is 5.62. The molecule has 4 heteroatoms. The Hall–Kier alpha value is -1.18. The van der Waals surface area contributed by atoms with Crippen LogP contribution in [0, 0.1) is 11.3 Å². The Morgan fingerprint density at radius 1 is 1.47 bits per heavy atom. The summed E-state index contributed by atoms with van der Waals surface area (Å²) in [5.41, 5.74) is 0. The lowest BCUT2D eigenvalue weighted by Crippen LogP contribution is -2.25. The van der Waals surface area contributed by atoms with E-state index in [4.69, 9.17) is 10.00 Å². The molecule has 0 aromatic heterocycles. The van der Waals surface area contributed by atoms with Crippen molar-refractivity contribution in [1.82, 2.24) is 5.32 Å². The van der Waals surface area contributed by atoms with Crippen molar-refractivity contribution in [2.24, 2.45) is 0 Å². The van der Waals surface area contributed by atoms with E-state index in [2.05, 4.69) is 11.4 Å². The number of benzene rings is 1. The molecule has 0 aliphatic heterocycles. The van der Waals surface area contributed by atoms with Crippen LogP contribution >= 0.6 is 11.8 Å². The summed E-state index contributed by atoms with van der Waals surface area (Å²) in [5, 5.41) is 11.7. The van der Waals surface area contributed by atoms with Crippen LogP contribution in [0.5, 0.6) is 5.75 Å². The maximum atomic E-state index is 8.74. The zero-order valence-corrected chi connectivity index (χ0v) is 9.67. The molecule has 1 aromatic rings. The molecule has 0 aliphatic carbocycles. The minimum atomic E-state index is -0.0999. The van der Waals surface area contributed by atoms with Gasteiger partial charge < -0.3 is 10.1 Å². The number of methoxy groups -OCH3 is 1. The average molecular weight is 222 g/mol. The van der Waals surface area contributed by atoms with E-state index >= 15 is 0 Å². The highest BCUT2D eigenvalue weighted by molar-refractivity contribution is 7.99. The van der Waals surface area contributed by atoms with Gasteiger partial charge in [-0.3, -0.25) is 0 Å². The highest BCUT2D eigenvalue weighted by Crippen LogP contribution is 2.21. The van der Waals surface area contributed by atoms with Crippen LogP contribution in [0.15, 0.2) is 29.2 Å². The van der Waals surface area contributed by atoms with E-state index in [9.17, 15) is 0 Å². The summed E-state index contributed by atoms with van der Waals surface area (Å²) in [6.45, 7) is 0. The van der Waals surface area contributed by atoms with Gasteiger partial charge in [-0.25, -0.2) is 0 Å². The molecule has 1 rings (SSSR count). The standard InChI is InChI=1S/C11H14N2OS/c1-13-9(7-12)8-15-11-5-3-10(14-2)4-6-11/h3-6,9,13H,8H2,1-2H3. The fraction of sp³-hybridized carbons (Fsp3) is 0.364. The minimum Gasteiger partial charge on any atom is -0.497 e. The molecule has 3 nitrogen and oxygen atoms in total. The molecule has 1 atom stereocenters. The molecule has 0 saturated carbocycles. The molecule has 0 bridgehead atoms. The lowest BCUT2D eigenvalue weighted by molar-refractivity contribution is 0.414. The molecule has 0 heterocycles. The van der Waals surface area contributed by atoms with Gasteiger partial charge in [0, 0.05) is 10.6 Å². The van der Waals surface area contributed by atoms with Gasteiger partial charge in [-0.05, 0) is 31.3 Å². The quantitative estimate of drug-likeness (QED) is 0.773. The lowest BCUT2D eigenvalue weighted by atomic mass is 10.3. The normalized spacial score (nSPS) is 11.8. The van der Waals surface area contributed by atoms with Crippen molar-refractivity contribution in [3.05, 3.63) is 24.3 Å². The second kappa shape index (κ2) is 6.33. The van der Waals surface area contributed by atoms with Crippen molar-refractivity contribution in [2.75, 3.05) is 19.9 Å². The van der Waals surface area contributed by atoms with E-state index in [1.54, 1.807) is 25.9 Å². The van der Waals surface area contributed by atoms with E-state index < -0.39 is 0 Å². The molecule has 80 valence electrons. The summed E-state index contributed by atoms with van der Waals surface area (Å²) in [6, 6.07) is 9.91. The monoisotopic (exact) mass is 222 g/mol. The lowest BCUT2D eigenvalue weighted by Gasteiger charge is -2.07. The molecule has 1 unspecified atom stereocenters. The van der Waals surface area contributed by atoms with Crippen LogP contribution < -0.4 is 10.1 Å². The van der Waals surface area contributed by atoms with Crippen LogP contribution in [0.2, 0.25) is 0 Å². The number of nitriles is 1. The molecule has 0 amide bonds. The van der Waals surface area contributed by atoms with Gasteiger partial charge in [0.25, 0.3) is 0 Å². The van der Waals surface area contributed by atoms with E-state index in [1.807, 2.05) is 24.3 Å². The van der Waals surface area contributed by atoms with Crippen LogP contribution in [0.25, 0.3) is 0 Å². The molecular formula is C11H14N2OS. The summed E-state index contributed by atoms with van der Waals surface area (Å²) in [7, 11) is 3.44. The first-order chi connectivity index (χ1) is 7.30. The molecule has 0 radical (unpaired) electrons. The number of nitrogens with zero attached hydrogens (tertiary/aromatic N) is 1. The van der Waals surface area contributed by atoms with Crippen molar-refractivity contribution in [3.63, 3.8) is 0 Å². The Morgan fingerprint density at radius 3 is 2.60 bits per heavy atom. The van der Waals surface area contributed by atoms with Gasteiger partial charge in [-0.15, -0.1) is 11.8 Å². The third kappa shape index (κ3) is 3.82. The van der Waals surface area contributed by atoms with Gasteiger partial charge in [-0.1, -0.05) is 0 Å². The van der Waals surface area contributed by atoms with Gasteiger partial charge in [0.2, 0.25) is 0 Å². The van der Waals surface area contributed by atoms with Crippen molar-refractivity contribution < 1.29 is 4.74 Å². The molecule has 0 aliphatic rings. The van der Waals surface area contributed by atoms with Gasteiger partial charge in [-0.2, -0.15) is 5.26 Å². The first-order valence-electron chi connectivity index (χ1n) is 4.64. The molecule has 15 heavy (non-hydrogen) atoms.